The van der Waals surface area contributed by atoms with Gasteiger partial charge in [-0.3, -0.25) is 4.98 Å². The minimum Gasteiger partial charge on any atom is -0.409 e. The maximum absolute atomic E-state index is 8.57. The molecule has 7 heteroatoms. The van der Waals surface area contributed by atoms with Gasteiger partial charge in [-0.2, -0.15) is 0 Å². The molecule has 0 bridgehead atoms. The van der Waals surface area contributed by atoms with Crippen LogP contribution in [0.3, 0.4) is 0 Å². The Balaban J connectivity index is 2.09. The summed E-state index contributed by atoms with van der Waals surface area (Å²) in [6, 6.07) is 3.59. The van der Waals surface area contributed by atoms with E-state index in [0.717, 1.165) is 22.9 Å². The Morgan fingerprint density at radius 3 is 2.84 bits per heavy atom. The molecular weight excluding hydrogens is 262 g/mol. The highest BCUT2D eigenvalue weighted by atomic mass is 32.1. The lowest BCUT2D eigenvalue weighted by Crippen LogP contribution is -2.18. The van der Waals surface area contributed by atoms with Crippen molar-refractivity contribution in [2.45, 2.75) is 13.5 Å². The van der Waals surface area contributed by atoms with Gasteiger partial charge in [-0.05, 0) is 19.1 Å². The number of thiazole rings is 1. The largest absolute Gasteiger partial charge is 0.409 e. The van der Waals surface area contributed by atoms with E-state index in [1.165, 1.54) is 0 Å². The molecule has 19 heavy (non-hydrogen) atoms. The molecule has 0 unspecified atom stereocenters. The Hall–Kier alpha value is -2.15. The molecule has 0 spiro atoms. The second-order valence-electron chi connectivity index (χ2n) is 4.10. The third-order valence-electron chi connectivity index (χ3n) is 2.62. The Morgan fingerprint density at radius 1 is 1.53 bits per heavy atom. The predicted octanol–water partition coefficient (Wildman–Crippen LogP) is 1.58. The maximum Gasteiger partial charge on any atom is 0.188 e. The zero-order chi connectivity index (χ0) is 13.8. The summed E-state index contributed by atoms with van der Waals surface area (Å²) in [6.07, 6.45) is 1.69. The van der Waals surface area contributed by atoms with Gasteiger partial charge < -0.3 is 15.8 Å². The third-order valence-corrected chi connectivity index (χ3v) is 3.45. The smallest absolute Gasteiger partial charge is 0.188 e. The van der Waals surface area contributed by atoms with Gasteiger partial charge in [-0.25, -0.2) is 4.98 Å². The summed E-state index contributed by atoms with van der Waals surface area (Å²) in [5, 5.41) is 14.6. The highest BCUT2D eigenvalue weighted by Gasteiger charge is 2.07. The molecule has 3 N–H and O–H groups in total. The van der Waals surface area contributed by atoms with Crippen LogP contribution in [0.5, 0.6) is 0 Å². The van der Waals surface area contributed by atoms with E-state index in [4.69, 9.17) is 10.9 Å². The van der Waals surface area contributed by atoms with Crippen LogP contribution in [0.1, 0.15) is 16.4 Å². The average Bonchev–Trinajstić information content (AvgIpc) is 2.83. The van der Waals surface area contributed by atoms with Crippen LogP contribution < -0.4 is 10.6 Å². The molecule has 2 aromatic rings. The summed E-state index contributed by atoms with van der Waals surface area (Å²) in [5.41, 5.74) is 7.89. The Bertz CT molecular complexity index is 578. The summed E-state index contributed by atoms with van der Waals surface area (Å²) in [6.45, 7) is 2.70. The number of aryl methyl sites for hydroxylation is 1. The van der Waals surface area contributed by atoms with Crippen LogP contribution in [-0.4, -0.2) is 28.1 Å². The number of oxime groups is 1. The number of amidine groups is 1. The molecule has 0 aliphatic heterocycles. The highest BCUT2D eigenvalue weighted by Crippen LogP contribution is 2.16. The van der Waals surface area contributed by atoms with E-state index in [9.17, 15) is 0 Å². The zero-order valence-corrected chi connectivity index (χ0v) is 11.6. The van der Waals surface area contributed by atoms with Crippen molar-refractivity contribution in [1.29, 1.82) is 0 Å². The van der Waals surface area contributed by atoms with Gasteiger partial charge >= 0.3 is 0 Å². The number of hydrogen-bond donors (Lipinski definition) is 2. The maximum atomic E-state index is 8.57. The molecule has 0 aliphatic carbocycles. The van der Waals surface area contributed by atoms with Crippen LogP contribution in [0.4, 0.5) is 5.69 Å². The van der Waals surface area contributed by atoms with Gasteiger partial charge in [-0.15, -0.1) is 11.3 Å². The molecule has 2 heterocycles. The number of rotatable bonds is 4. The van der Waals surface area contributed by atoms with Crippen molar-refractivity contribution in [3.63, 3.8) is 0 Å². The SMILES string of the molecule is Cc1nc(CN(C)c2ccc(/C(N)=N/O)nc2)cs1. The van der Waals surface area contributed by atoms with Gasteiger partial charge in [0, 0.05) is 12.4 Å². The van der Waals surface area contributed by atoms with Crippen molar-refractivity contribution in [3.8, 4) is 0 Å². The first-order valence-electron chi connectivity index (χ1n) is 5.66. The molecular formula is C12H15N5OS. The summed E-state index contributed by atoms with van der Waals surface area (Å²) in [7, 11) is 1.97. The lowest BCUT2D eigenvalue weighted by molar-refractivity contribution is 0.318. The second kappa shape index (κ2) is 5.66. The Morgan fingerprint density at radius 2 is 2.32 bits per heavy atom. The van der Waals surface area contributed by atoms with Crippen molar-refractivity contribution >= 4 is 22.9 Å². The second-order valence-corrected chi connectivity index (χ2v) is 5.16. The standard InChI is InChI=1S/C12H15N5OS/c1-8-15-9(7-19-8)6-17(2)10-3-4-11(14-5-10)12(13)16-18/h3-5,7,18H,6H2,1-2H3,(H2,13,16). The lowest BCUT2D eigenvalue weighted by Gasteiger charge is -2.17. The molecule has 0 aromatic carbocycles. The normalized spacial score (nSPS) is 11.6. The van der Waals surface area contributed by atoms with Gasteiger partial charge in [-0.1, -0.05) is 5.16 Å². The van der Waals surface area contributed by atoms with Gasteiger partial charge in [0.05, 0.1) is 29.1 Å². The molecule has 0 aliphatic rings. The van der Waals surface area contributed by atoms with Gasteiger partial charge in [0.15, 0.2) is 5.84 Å². The fourth-order valence-corrected chi connectivity index (χ4v) is 2.23. The van der Waals surface area contributed by atoms with Crippen molar-refractivity contribution in [2.24, 2.45) is 10.9 Å². The number of hydrogen-bond acceptors (Lipinski definition) is 6. The van der Waals surface area contributed by atoms with E-state index < -0.39 is 0 Å². The molecule has 6 nitrogen and oxygen atoms in total. The molecule has 0 saturated heterocycles. The highest BCUT2D eigenvalue weighted by molar-refractivity contribution is 7.09. The summed E-state index contributed by atoms with van der Waals surface area (Å²) < 4.78 is 0. The first kappa shape index (κ1) is 13.3. The van der Waals surface area contributed by atoms with E-state index in [0.29, 0.717) is 5.69 Å². The van der Waals surface area contributed by atoms with Crippen LogP contribution >= 0.6 is 11.3 Å². The van der Waals surface area contributed by atoms with Crippen LogP contribution in [0.2, 0.25) is 0 Å². The number of nitrogens with zero attached hydrogens (tertiary/aromatic N) is 4. The molecule has 0 radical (unpaired) electrons. The summed E-state index contributed by atoms with van der Waals surface area (Å²) in [5.74, 6) is 0.00401. The number of pyridine rings is 1. The van der Waals surface area contributed by atoms with Crippen LogP contribution in [-0.2, 0) is 6.54 Å². The van der Waals surface area contributed by atoms with E-state index in [2.05, 4.69) is 15.1 Å². The van der Waals surface area contributed by atoms with E-state index >= 15 is 0 Å². The first-order chi connectivity index (χ1) is 9.10. The van der Waals surface area contributed by atoms with Crippen molar-refractivity contribution in [3.05, 3.63) is 40.1 Å². The Kier molecular flexibility index (Phi) is 3.96. The van der Waals surface area contributed by atoms with E-state index in [1.54, 1.807) is 23.6 Å². The third kappa shape index (κ3) is 3.19. The predicted molar refractivity (Wildman–Crippen MR) is 75.7 cm³/mol. The molecule has 0 amide bonds. The topological polar surface area (TPSA) is 87.6 Å². The van der Waals surface area contributed by atoms with Crippen molar-refractivity contribution < 1.29 is 5.21 Å². The number of aromatic nitrogens is 2. The summed E-state index contributed by atoms with van der Waals surface area (Å²) in [4.78, 5) is 10.6. The molecule has 100 valence electrons. The van der Waals surface area contributed by atoms with Crippen molar-refractivity contribution in [1.82, 2.24) is 9.97 Å². The molecule has 0 fully saturated rings. The zero-order valence-electron chi connectivity index (χ0n) is 10.7. The monoisotopic (exact) mass is 277 g/mol. The van der Waals surface area contributed by atoms with Crippen LogP contribution in [0.25, 0.3) is 0 Å². The lowest BCUT2D eigenvalue weighted by atomic mass is 10.3. The van der Waals surface area contributed by atoms with Crippen LogP contribution in [0, 0.1) is 6.92 Å². The number of anilines is 1. The molecule has 2 rings (SSSR count). The Labute approximate surface area is 115 Å². The van der Waals surface area contributed by atoms with Gasteiger partial charge in [0.25, 0.3) is 0 Å². The number of nitrogens with two attached hydrogens (primary N) is 1. The molecule has 0 atom stereocenters. The fourth-order valence-electron chi connectivity index (χ4n) is 1.63. The van der Waals surface area contributed by atoms with E-state index in [-0.39, 0.29) is 5.84 Å². The first-order valence-corrected chi connectivity index (χ1v) is 6.54. The molecule has 0 saturated carbocycles. The minimum absolute atomic E-state index is 0.00401. The van der Waals surface area contributed by atoms with E-state index in [1.807, 2.05) is 30.3 Å². The summed E-state index contributed by atoms with van der Waals surface area (Å²) >= 11 is 1.64. The van der Waals surface area contributed by atoms with Crippen molar-refractivity contribution in [2.75, 3.05) is 11.9 Å². The quantitative estimate of drug-likeness (QED) is 0.383. The fraction of sp³-hybridized carbons (Fsp3) is 0.250. The molecule has 2 aromatic heterocycles. The van der Waals surface area contributed by atoms with Crippen LogP contribution in [0.15, 0.2) is 28.9 Å². The van der Waals surface area contributed by atoms with Gasteiger partial charge in [0.2, 0.25) is 0 Å². The minimum atomic E-state index is 0.00401. The average molecular weight is 277 g/mol. The van der Waals surface area contributed by atoms with Gasteiger partial charge in [0.1, 0.15) is 5.69 Å².